The number of hydrogen-bond donors (Lipinski definition) is 1. The summed E-state index contributed by atoms with van der Waals surface area (Å²) < 4.78 is 3.59. The third-order valence-corrected chi connectivity index (χ3v) is 3.85. The Hall–Kier alpha value is -2.89. The number of amides is 1. The first-order chi connectivity index (χ1) is 11.6. The Morgan fingerprint density at radius 2 is 2.17 bits per heavy atom. The van der Waals surface area contributed by atoms with Gasteiger partial charge in [0.2, 0.25) is 5.91 Å². The number of hydrogen-bond acceptors (Lipinski definition) is 3. The summed E-state index contributed by atoms with van der Waals surface area (Å²) in [5.41, 5.74) is 3.12. The van der Waals surface area contributed by atoms with E-state index >= 15 is 0 Å². The van der Waals surface area contributed by atoms with Crippen LogP contribution in [0.25, 0.3) is 5.69 Å². The van der Waals surface area contributed by atoms with Gasteiger partial charge < -0.3 is 5.32 Å². The molecule has 1 atom stereocenters. The highest BCUT2D eigenvalue weighted by Gasteiger charge is 2.11. The molecule has 0 radical (unpaired) electrons. The van der Waals surface area contributed by atoms with Crippen molar-refractivity contribution in [1.29, 1.82) is 0 Å². The van der Waals surface area contributed by atoms with E-state index in [2.05, 4.69) is 15.5 Å². The fourth-order valence-corrected chi connectivity index (χ4v) is 2.56. The predicted molar refractivity (Wildman–Crippen MR) is 91.7 cm³/mol. The van der Waals surface area contributed by atoms with E-state index in [1.54, 1.807) is 21.8 Å². The third kappa shape index (κ3) is 3.90. The Bertz CT molecular complexity index is 806. The molecule has 0 aliphatic carbocycles. The highest BCUT2D eigenvalue weighted by molar-refractivity contribution is 5.76. The van der Waals surface area contributed by atoms with Crippen LogP contribution in [0.3, 0.4) is 0 Å². The minimum atomic E-state index is -0.0626. The molecule has 24 heavy (non-hydrogen) atoms. The number of aromatic nitrogens is 4. The van der Waals surface area contributed by atoms with Gasteiger partial charge in [0.15, 0.2) is 0 Å². The Morgan fingerprint density at radius 3 is 2.88 bits per heavy atom. The van der Waals surface area contributed by atoms with Crippen molar-refractivity contribution in [2.24, 2.45) is 0 Å². The van der Waals surface area contributed by atoms with Crippen molar-refractivity contribution in [1.82, 2.24) is 24.9 Å². The predicted octanol–water partition coefficient (Wildman–Crippen LogP) is 2.64. The van der Waals surface area contributed by atoms with Crippen LogP contribution in [0, 0.1) is 6.92 Å². The zero-order chi connectivity index (χ0) is 16.9. The zero-order valence-corrected chi connectivity index (χ0v) is 13.9. The van der Waals surface area contributed by atoms with E-state index in [0.29, 0.717) is 13.0 Å². The van der Waals surface area contributed by atoms with Crippen molar-refractivity contribution in [3.63, 3.8) is 0 Å². The van der Waals surface area contributed by atoms with Gasteiger partial charge in [0.25, 0.3) is 0 Å². The smallest absolute Gasteiger partial charge is 0.222 e. The number of nitrogens with one attached hydrogen (secondary N) is 1. The first kappa shape index (κ1) is 16.0. The van der Waals surface area contributed by atoms with Gasteiger partial charge >= 0.3 is 0 Å². The van der Waals surface area contributed by atoms with E-state index in [-0.39, 0.29) is 11.9 Å². The van der Waals surface area contributed by atoms with Crippen molar-refractivity contribution in [2.45, 2.75) is 32.9 Å². The number of nitrogens with zero attached hydrogens (tertiary/aromatic N) is 4. The van der Waals surface area contributed by atoms with E-state index < -0.39 is 0 Å². The Morgan fingerprint density at radius 1 is 1.29 bits per heavy atom. The topological polar surface area (TPSA) is 64.7 Å². The molecule has 0 aliphatic rings. The van der Waals surface area contributed by atoms with E-state index in [0.717, 1.165) is 16.8 Å². The maximum Gasteiger partial charge on any atom is 0.222 e. The van der Waals surface area contributed by atoms with Gasteiger partial charge in [-0.1, -0.05) is 12.1 Å². The molecule has 1 amide bonds. The summed E-state index contributed by atoms with van der Waals surface area (Å²) in [6, 6.07) is 9.83. The van der Waals surface area contributed by atoms with Crippen molar-refractivity contribution >= 4 is 5.91 Å². The Kier molecular flexibility index (Phi) is 4.74. The minimum Gasteiger partial charge on any atom is -0.350 e. The Labute approximate surface area is 141 Å². The van der Waals surface area contributed by atoms with Gasteiger partial charge in [-0.3, -0.25) is 9.48 Å². The van der Waals surface area contributed by atoms with Crippen molar-refractivity contribution in [3.8, 4) is 5.69 Å². The maximum absolute atomic E-state index is 12.2. The first-order valence-corrected chi connectivity index (χ1v) is 8.00. The molecule has 0 aliphatic heterocycles. The highest BCUT2D eigenvalue weighted by Crippen LogP contribution is 2.16. The summed E-state index contributed by atoms with van der Waals surface area (Å²) in [6.07, 6.45) is 7.78. The minimum absolute atomic E-state index is 0.0140. The van der Waals surface area contributed by atoms with Crippen LogP contribution in [0.5, 0.6) is 0 Å². The molecular weight excluding hydrogens is 302 g/mol. The van der Waals surface area contributed by atoms with Gasteiger partial charge in [0, 0.05) is 31.6 Å². The van der Waals surface area contributed by atoms with Gasteiger partial charge in [0.1, 0.15) is 0 Å². The van der Waals surface area contributed by atoms with Crippen LogP contribution in [-0.4, -0.2) is 25.5 Å². The summed E-state index contributed by atoms with van der Waals surface area (Å²) in [5.74, 6) is 0.0140. The van der Waals surface area contributed by atoms with Crippen LogP contribution >= 0.6 is 0 Å². The molecule has 0 unspecified atom stereocenters. The molecule has 0 saturated heterocycles. The maximum atomic E-state index is 12.2. The summed E-state index contributed by atoms with van der Waals surface area (Å²) in [6.45, 7) is 4.55. The Balaban J connectivity index is 1.59. The summed E-state index contributed by atoms with van der Waals surface area (Å²) in [7, 11) is 0. The van der Waals surface area contributed by atoms with Crippen LogP contribution in [0.1, 0.15) is 30.5 Å². The van der Waals surface area contributed by atoms with Crippen LogP contribution in [0.2, 0.25) is 0 Å². The average Bonchev–Trinajstić information content (AvgIpc) is 3.24. The zero-order valence-electron chi connectivity index (χ0n) is 13.9. The molecule has 0 spiro atoms. The van der Waals surface area contributed by atoms with Crippen LogP contribution in [0.4, 0.5) is 0 Å². The standard InChI is InChI=1S/C18H21N5O/c1-14-12-20-22(13-14)10-7-18(24)21-15(2)16-5-3-6-17(11-16)23-9-4-8-19-23/h3-6,8-9,11-13,15H,7,10H2,1-2H3,(H,21,24)/t15-/m1/s1. The molecule has 1 N–H and O–H groups in total. The quantitative estimate of drug-likeness (QED) is 0.758. The van der Waals surface area contributed by atoms with Gasteiger partial charge in [-0.15, -0.1) is 0 Å². The molecule has 0 bridgehead atoms. The summed E-state index contributed by atoms with van der Waals surface area (Å²) in [5, 5.41) is 11.5. The van der Waals surface area contributed by atoms with E-state index in [1.807, 2.05) is 56.6 Å². The van der Waals surface area contributed by atoms with Gasteiger partial charge in [-0.05, 0) is 43.2 Å². The molecule has 3 rings (SSSR count). The molecule has 1 aromatic carbocycles. The number of carbonyl (C=O) groups is 1. The SMILES string of the molecule is Cc1cnn(CCC(=O)N[C@H](C)c2cccc(-n3cccn3)c2)c1. The first-order valence-electron chi connectivity index (χ1n) is 8.00. The van der Waals surface area contributed by atoms with Crippen LogP contribution in [-0.2, 0) is 11.3 Å². The molecule has 6 nitrogen and oxygen atoms in total. The molecule has 0 saturated carbocycles. The lowest BCUT2D eigenvalue weighted by Gasteiger charge is -2.15. The lowest BCUT2D eigenvalue weighted by atomic mass is 10.1. The molecule has 124 valence electrons. The fourth-order valence-electron chi connectivity index (χ4n) is 2.56. The van der Waals surface area contributed by atoms with Gasteiger partial charge in [-0.25, -0.2) is 4.68 Å². The summed E-state index contributed by atoms with van der Waals surface area (Å²) in [4.78, 5) is 12.2. The lowest BCUT2D eigenvalue weighted by molar-refractivity contribution is -0.122. The number of aryl methyl sites for hydroxylation is 2. The number of rotatable bonds is 6. The third-order valence-electron chi connectivity index (χ3n) is 3.85. The average molecular weight is 323 g/mol. The van der Waals surface area contributed by atoms with Gasteiger partial charge in [-0.2, -0.15) is 10.2 Å². The van der Waals surface area contributed by atoms with Crippen LogP contribution < -0.4 is 5.32 Å². The molecule has 3 aromatic rings. The van der Waals surface area contributed by atoms with Crippen molar-refractivity contribution in [2.75, 3.05) is 0 Å². The lowest BCUT2D eigenvalue weighted by Crippen LogP contribution is -2.27. The second-order valence-corrected chi connectivity index (χ2v) is 5.87. The number of benzene rings is 1. The van der Waals surface area contributed by atoms with E-state index in [1.165, 1.54) is 0 Å². The highest BCUT2D eigenvalue weighted by atomic mass is 16.1. The van der Waals surface area contributed by atoms with Gasteiger partial charge in [0.05, 0.1) is 17.9 Å². The monoisotopic (exact) mass is 323 g/mol. The largest absolute Gasteiger partial charge is 0.350 e. The van der Waals surface area contributed by atoms with Crippen molar-refractivity contribution in [3.05, 3.63) is 66.2 Å². The second-order valence-electron chi connectivity index (χ2n) is 5.87. The molecule has 2 heterocycles. The van der Waals surface area contributed by atoms with Crippen LogP contribution in [0.15, 0.2) is 55.1 Å². The number of carbonyl (C=O) groups excluding carboxylic acids is 1. The summed E-state index contributed by atoms with van der Waals surface area (Å²) >= 11 is 0. The molecular formula is C18H21N5O. The van der Waals surface area contributed by atoms with E-state index in [9.17, 15) is 4.79 Å². The van der Waals surface area contributed by atoms with Crippen molar-refractivity contribution < 1.29 is 4.79 Å². The molecule has 6 heteroatoms. The van der Waals surface area contributed by atoms with E-state index in [4.69, 9.17) is 0 Å². The molecule has 0 fully saturated rings. The molecule has 2 aromatic heterocycles. The fraction of sp³-hybridized carbons (Fsp3) is 0.278. The normalized spacial score (nSPS) is 12.1. The second kappa shape index (κ2) is 7.12.